The van der Waals surface area contributed by atoms with E-state index in [1.807, 2.05) is 31.2 Å². The summed E-state index contributed by atoms with van der Waals surface area (Å²) in [6.45, 7) is 7.78. The molecule has 7 heteroatoms. The first kappa shape index (κ1) is 21.0. The Morgan fingerprint density at radius 1 is 1.22 bits per heavy atom. The number of nitrogens with zero attached hydrogens (tertiary/aromatic N) is 2. The zero-order chi connectivity index (χ0) is 19.6. The summed E-state index contributed by atoms with van der Waals surface area (Å²) in [5.41, 5.74) is 1.13. The number of aliphatic imine (C=N–C) groups is 1. The van der Waals surface area contributed by atoms with Crippen molar-refractivity contribution in [2.75, 3.05) is 27.2 Å². The van der Waals surface area contributed by atoms with Crippen LogP contribution in [-0.4, -0.2) is 44.3 Å². The van der Waals surface area contributed by atoms with Crippen LogP contribution in [0.25, 0.3) is 0 Å². The van der Waals surface area contributed by atoms with E-state index in [1.165, 1.54) is 5.01 Å². The maximum atomic E-state index is 5.92. The number of benzene rings is 1. The Hall–Kier alpha value is -2.28. The van der Waals surface area contributed by atoms with Crippen molar-refractivity contribution in [2.24, 2.45) is 4.99 Å². The van der Waals surface area contributed by atoms with Gasteiger partial charge in [0, 0.05) is 37.4 Å². The fourth-order valence-corrected chi connectivity index (χ4v) is 3.29. The number of hydrogen-bond donors (Lipinski definition) is 2. The van der Waals surface area contributed by atoms with E-state index in [0.717, 1.165) is 36.1 Å². The van der Waals surface area contributed by atoms with E-state index < -0.39 is 0 Å². The first-order chi connectivity index (χ1) is 13.0. The van der Waals surface area contributed by atoms with Crippen LogP contribution in [-0.2, 0) is 6.42 Å². The second kappa shape index (κ2) is 10.8. The summed E-state index contributed by atoms with van der Waals surface area (Å²) >= 11 is 1.73. The topological polar surface area (TPSA) is 67.8 Å². The van der Waals surface area contributed by atoms with Crippen LogP contribution in [0.5, 0.6) is 11.5 Å². The van der Waals surface area contributed by atoms with Crippen molar-refractivity contribution in [3.8, 4) is 11.5 Å². The minimum atomic E-state index is -0.0113. The van der Waals surface area contributed by atoms with E-state index in [9.17, 15) is 0 Å². The molecule has 1 heterocycles. The number of guanidine groups is 1. The molecule has 0 saturated carbocycles. The quantitative estimate of drug-likeness (QED) is 0.507. The maximum Gasteiger partial charge on any atom is 0.191 e. The number of methoxy groups -OCH3 is 1. The van der Waals surface area contributed by atoms with Gasteiger partial charge in [-0.15, -0.1) is 11.3 Å². The summed E-state index contributed by atoms with van der Waals surface area (Å²) in [7, 11) is 3.41. The molecule has 0 radical (unpaired) electrons. The molecule has 148 valence electrons. The molecule has 1 aromatic heterocycles. The fourth-order valence-electron chi connectivity index (χ4n) is 2.42. The molecule has 2 N–H and O–H groups in total. The highest BCUT2D eigenvalue weighted by atomic mass is 32.1. The lowest BCUT2D eigenvalue weighted by Crippen LogP contribution is -2.42. The number of aromatic nitrogens is 1. The van der Waals surface area contributed by atoms with Gasteiger partial charge in [-0.2, -0.15) is 0 Å². The summed E-state index contributed by atoms with van der Waals surface area (Å²) in [6, 6.07) is 7.61. The van der Waals surface area contributed by atoms with Gasteiger partial charge < -0.3 is 20.1 Å². The molecule has 0 spiro atoms. The van der Waals surface area contributed by atoms with Gasteiger partial charge in [0.1, 0.15) is 17.6 Å². The molecule has 0 amide bonds. The molecule has 0 bridgehead atoms. The van der Waals surface area contributed by atoms with Gasteiger partial charge in [0.05, 0.1) is 24.4 Å². The van der Waals surface area contributed by atoms with Crippen LogP contribution in [0, 0.1) is 0 Å². The monoisotopic (exact) mass is 390 g/mol. The zero-order valence-electron chi connectivity index (χ0n) is 16.8. The number of thiazole rings is 1. The van der Waals surface area contributed by atoms with E-state index in [0.29, 0.717) is 12.5 Å². The lowest BCUT2D eigenvalue weighted by molar-refractivity contribution is 0.223. The molecule has 1 unspecified atom stereocenters. The van der Waals surface area contributed by atoms with Crippen molar-refractivity contribution in [3.05, 3.63) is 40.3 Å². The standard InChI is InChI=1S/C20H30N4O2S/c1-14(2)19-24-16(13-27-19)9-10-22-20(21-4)23-12-15(3)26-18-8-6-7-17(11-18)25-5/h6-8,11,13-15H,9-10,12H2,1-5H3,(H2,21,22,23). The van der Waals surface area contributed by atoms with Crippen LogP contribution in [0.2, 0.25) is 0 Å². The first-order valence-corrected chi connectivity index (χ1v) is 10.1. The van der Waals surface area contributed by atoms with Gasteiger partial charge in [-0.25, -0.2) is 4.98 Å². The summed E-state index contributed by atoms with van der Waals surface area (Å²) in [5.74, 6) is 2.82. The molecule has 1 atom stereocenters. The molecule has 2 rings (SSSR count). The Kier molecular flexibility index (Phi) is 8.39. The second-order valence-corrected chi connectivity index (χ2v) is 7.46. The third-order valence-corrected chi connectivity index (χ3v) is 5.09. The molecule has 0 aliphatic rings. The average molecular weight is 391 g/mol. The van der Waals surface area contributed by atoms with Gasteiger partial charge in [0.25, 0.3) is 0 Å². The predicted octanol–water partition coefficient (Wildman–Crippen LogP) is 3.45. The smallest absolute Gasteiger partial charge is 0.191 e. The highest BCUT2D eigenvalue weighted by Crippen LogP contribution is 2.20. The predicted molar refractivity (Wildman–Crippen MR) is 112 cm³/mol. The highest BCUT2D eigenvalue weighted by molar-refractivity contribution is 7.09. The van der Waals surface area contributed by atoms with Crippen molar-refractivity contribution in [2.45, 2.75) is 39.2 Å². The molecule has 27 heavy (non-hydrogen) atoms. The van der Waals surface area contributed by atoms with E-state index in [1.54, 1.807) is 25.5 Å². The Morgan fingerprint density at radius 2 is 2.00 bits per heavy atom. The largest absolute Gasteiger partial charge is 0.497 e. The van der Waals surface area contributed by atoms with E-state index >= 15 is 0 Å². The van der Waals surface area contributed by atoms with Gasteiger partial charge >= 0.3 is 0 Å². The summed E-state index contributed by atoms with van der Waals surface area (Å²) in [6.07, 6.45) is 0.863. The van der Waals surface area contributed by atoms with Crippen molar-refractivity contribution in [1.29, 1.82) is 0 Å². The average Bonchev–Trinajstić information content (AvgIpc) is 3.14. The van der Waals surface area contributed by atoms with Gasteiger partial charge in [-0.1, -0.05) is 19.9 Å². The van der Waals surface area contributed by atoms with E-state index in [-0.39, 0.29) is 6.10 Å². The molecule has 1 aromatic carbocycles. The number of nitrogens with one attached hydrogen (secondary N) is 2. The van der Waals surface area contributed by atoms with E-state index in [4.69, 9.17) is 9.47 Å². The SMILES string of the molecule is CN=C(NCCc1csc(C(C)C)n1)NCC(C)Oc1cccc(OC)c1. The zero-order valence-corrected chi connectivity index (χ0v) is 17.6. The molecule has 6 nitrogen and oxygen atoms in total. The number of ether oxygens (including phenoxy) is 2. The normalized spacial score (nSPS) is 12.7. The maximum absolute atomic E-state index is 5.92. The van der Waals surface area contributed by atoms with Crippen LogP contribution in [0.4, 0.5) is 0 Å². The Labute approximate surface area is 166 Å². The summed E-state index contributed by atoms with van der Waals surface area (Å²) < 4.78 is 11.1. The van der Waals surface area contributed by atoms with Gasteiger partial charge in [0.2, 0.25) is 0 Å². The molecule has 0 aliphatic heterocycles. The lowest BCUT2D eigenvalue weighted by atomic mass is 10.2. The fraction of sp³-hybridized carbons (Fsp3) is 0.500. The first-order valence-electron chi connectivity index (χ1n) is 9.21. The van der Waals surface area contributed by atoms with Gasteiger partial charge in [-0.05, 0) is 19.1 Å². The second-order valence-electron chi connectivity index (χ2n) is 6.57. The third kappa shape index (κ3) is 7.09. The minimum absolute atomic E-state index is 0.0113. The molecular formula is C20H30N4O2S. The Bertz CT molecular complexity index is 730. The highest BCUT2D eigenvalue weighted by Gasteiger charge is 2.08. The minimum Gasteiger partial charge on any atom is -0.497 e. The number of rotatable bonds is 9. The van der Waals surface area contributed by atoms with Crippen molar-refractivity contribution in [3.63, 3.8) is 0 Å². The Balaban J connectivity index is 1.72. The van der Waals surface area contributed by atoms with Gasteiger partial charge in [0.15, 0.2) is 5.96 Å². The molecule has 0 fully saturated rings. The van der Waals surface area contributed by atoms with Crippen LogP contribution in [0.1, 0.15) is 37.4 Å². The van der Waals surface area contributed by atoms with Crippen LogP contribution in [0.3, 0.4) is 0 Å². The molecule has 0 aliphatic carbocycles. The summed E-state index contributed by atoms with van der Waals surface area (Å²) in [5, 5.41) is 9.94. The molecular weight excluding hydrogens is 360 g/mol. The molecule has 0 saturated heterocycles. The number of hydrogen-bond acceptors (Lipinski definition) is 5. The summed E-state index contributed by atoms with van der Waals surface area (Å²) in [4.78, 5) is 8.92. The molecule has 2 aromatic rings. The third-order valence-electron chi connectivity index (χ3n) is 3.90. The van der Waals surface area contributed by atoms with Crippen molar-refractivity contribution < 1.29 is 9.47 Å². The van der Waals surface area contributed by atoms with Crippen molar-refractivity contribution in [1.82, 2.24) is 15.6 Å². The van der Waals surface area contributed by atoms with Crippen LogP contribution in [0.15, 0.2) is 34.6 Å². The lowest BCUT2D eigenvalue weighted by Gasteiger charge is -2.18. The van der Waals surface area contributed by atoms with E-state index in [2.05, 4.69) is 39.8 Å². The van der Waals surface area contributed by atoms with Crippen LogP contribution < -0.4 is 20.1 Å². The van der Waals surface area contributed by atoms with Crippen LogP contribution >= 0.6 is 11.3 Å². The van der Waals surface area contributed by atoms with Crippen molar-refractivity contribution >= 4 is 17.3 Å². The van der Waals surface area contributed by atoms with Gasteiger partial charge in [-0.3, -0.25) is 4.99 Å². The Morgan fingerprint density at radius 3 is 2.67 bits per heavy atom.